The van der Waals surface area contributed by atoms with Crippen LogP contribution in [0.1, 0.15) is 25.5 Å². The summed E-state index contributed by atoms with van der Waals surface area (Å²) >= 11 is 0. The Morgan fingerprint density at radius 1 is 1.68 bits per heavy atom. The van der Waals surface area contributed by atoms with Crippen molar-refractivity contribution in [2.45, 2.75) is 38.4 Å². The van der Waals surface area contributed by atoms with E-state index >= 15 is 0 Å². The SMILES string of the molecule is CCn1nncc1CNC(=O)N1C[C@@H]2CC[C@]2(N)C1. The summed E-state index contributed by atoms with van der Waals surface area (Å²) in [5.41, 5.74) is 7.02. The zero-order chi connectivity index (χ0) is 13.5. The fourth-order valence-corrected chi connectivity index (χ4v) is 3.00. The van der Waals surface area contributed by atoms with Crippen molar-refractivity contribution in [1.29, 1.82) is 0 Å². The van der Waals surface area contributed by atoms with E-state index in [1.54, 1.807) is 10.9 Å². The minimum atomic E-state index is -0.121. The first-order valence-electron chi connectivity index (χ1n) is 6.81. The highest BCUT2D eigenvalue weighted by Gasteiger charge is 2.51. The Bertz CT molecular complexity index is 486. The number of carbonyl (C=O) groups is 1. The smallest absolute Gasteiger partial charge is 0.317 e. The number of nitrogens with one attached hydrogen (secondary N) is 1. The van der Waals surface area contributed by atoms with E-state index in [1.807, 2.05) is 11.8 Å². The van der Waals surface area contributed by atoms with E-state index in [2.05, 4.69) is 15.6 Å². The number of likely N-dealkylation sites (tertiary alicyclic amines) is 1. The Kier molecular flexibility index (Phi) is 2.93. The summed E-state index contributed by atoms with van der Waals surface area (Å²) in [6, 6.07) is -0.0388. The molecule has 3 rings (SSSR count). The summed E-state index contributed by atoms with van der Waals surface area (Å²) in [4.78, 5) is 13.9. The molecule has 0 unspecified atom stereocenters. The van der Waals surface area contributed by atoms with E-state index < -0.39 is 0 Å². The number of aromatic nitrogens is 3. The summed E-state index contributed by atoms with van der Waals surface area (Å²) in [6.45, 7) is 4.67. The summed E-state index contributed by atoms with van der Waals surface area (Å²) < 4.78 is 1.78. The van der Waals surface area contributed by atoms with Crippen molar-refractivity contribution in [3.8, 4) is 0 Å². The van der Waals surface area contributed by atoms with Gasteiger partial charge in [-0.25, -0.2) is 9.48 Å². The van der Waals surface area contributed by atoms with Crippen LogP contribution in [0.4, 0.5) is 4.79 Å². The van der Waals surface area contributed by atoms with Crippen LogP contribution in [0.5, 0.6) is 0 Å². The van der Waals surface area contributed by atoms with Gasteiger partial charge in [-0.3, -0.25) is 0 Å². The molecule has 2 amide bonds. The molecule has 1 aromatic heterocycles. The van der Waals surface area contributed by atoms with E-state index in [-0.39, 0.29) is 11.6 Å². The second-order valence-corrected chi connectivity index (χ2v) is 5.55. The molecule has 2 fully saturated rings. The Labute approximate surface area is 112 Å². The average Bonchev–Trinajstić information content (AvgIpc) is 2.94. The Hall–Kier alpha value is -1.63. The summed E-state index contributed by atoms with van der Waals surface area (Å²) in [5, 5.41) is 10.7. The maximum Gasteiger partial charge on any atom is 0.317 e. The third kappa shape index (κ3) is 2.07. The topological polar surface area (TPSA) is 89.1 Å². The van der Waals surface area contributed by atoms with Crippen molar-refractivity contribution in [2.75, 3.05) is 13.1 Å². The molecule has 1 saturated carbocycles. The van der Waals surface area contributed by atoms with Crippen molar-refractivity contribution in [3.05, 3.63) is 11.9 Å². The third-order valence-corrected chi connectivity index (χ3v) is 4.40. The van der Waals surface area contributed by atoms with Crippen LogP contribution in [0.3, 0.4) is 0 Å². The highest BCUT2D eigenvalue weighted by molar-refractivity contribution is 5.74. The van der Waals surface area contributed by atoms with Gasteiger partial charge in [0.15, 0.2) is 0 Å². The maximum absolute atomic E-state index is 12.1. The summed E-state index contributed by atoms with van der Waals surface area (Å²) in [5.74, 6) is 0.487. The third-order valence-electron chi connectivity index (χ3n) is 4.40. The molecule has 19 heavy (non-hydrogen) atoms. The van der Waals surface area contributed by atoms with Gasteiger partial charge in [0.2, 0.25) is 0 Å². The van der Waals surface area contributed by atoms with Crippen LogP contribution in [-0.2, 0) is 13.1 Å². The highest BCUT2D eigenvalue weighted by atomic mass is 16.2. The first-order chi connectivity index (χ1) is 9.12. The monoisotopic (exact) mass is 264 g/mol. The number of nitrogens with two attached hydrogens (primary N) is 1. The minimum absolute atomic E-state index is 0.0388. The van der Waals surface area contributed by atoms with Crippen LogP contribution in [0.15, 0.2) is 6.20 Å². The molecule has 0 radical (unpaired) electrons. The first-order valence-corrected chi connectivity index (χ1v) is 6.81. The van der Waals surface area contributed by atoms with Crippen LogP contribution in [0, 0.1) is 5.92 Å². The number of nitrogens with zero attached hydrogens (tertiary/aromatic N) is 4. The van der Waals surface area contributed by atoms with Gasteiger partial charge >= 0.3 is 6.03 Å². The number of urea groups is 1. The molecule has 7 heteroatoms. The van der Waals surface area contributed by atoms with Crippen molar-refractivity contribution >= 4 is 6.03 Å². The predicted octanol–water partition coefficient (Wildman–Crippen LogP) is -0.0693. The predicted molar refractivity (Wildman–Crippen MR) is 69.1 cm³/mol. The van der Waals surface area contributed by atoms with Gasteiger partial charge in [0.05, 0.1) is 18.4 Å². The van der Waals surface area contributed by atoms with Gasteiger partial charge in [-0.15, -0.1) is 5.10 Å². The molecule has 0 bridgehead atoms. The Morgan fingerprint density at radius 3 is 3.11 bits per heavy atom. The summed E-state index contributed by atoms with van der Waals surface area (Å²) in [6.07, 6.45) is 3.86. The maximum atomic E-state index is 12.1. The lowest BCUT2D eigenvalue weighted by Crippen LogP contribution is -2.55. The number of hydrogen-bond donors (Lipinski definition) is 2. The fourth-order valence-electron chi connectivity index (χ4n) is 3.00. The second kappa shape index (κ2) is 4.48. The van der Waals surface area contributed by atoms with Crippen molar-refractivity contribution in [2.24, 2.45) is 11.7 Å². The standard InChI is InChI=1S/C12H20N6O/c1-2-18-10(6-15-16-18)5-14-11(19)17-7-9-3-4-12(9,13)8-17/h6,9H,2-5,7-8,13H2,1H3,(H,14,19)/t9-,12-/m0/s1. The van der Waals surface area contributed by atoms with E-state index in [9.17, 15) is 4.79 Å². The Balaban J connectivity index is 1.55. The van der Waals surface area contributed by atoms with Gasteiger partial charge < -0.3 is 16.0 Å². The molecule has 1 saturated heterocycles. The van der Waals surface area contributed by atoms with Gasteiger partial charge in [0.25, 0.3) is 0 Å². The first kappa shape index (κ1) is 12.4. The van der Waals surface area contributed by atoms with Gasteiger partial charge in [-0.05, 0) is 25.7 Å². The van der Waals surface area contributed by atoms with Crippen LogP contribution < -0.4 is 11.1 Å². The molecule has 2 aliphatic rings. The highest BCUT2D eigenvalue weighted by Crippen LogP contribution is 2.42. The zero-order valence-corrected chi connectivity index (χ0v) is 11.2. The fraction of sp³-hybridized carbons (Fsp3) is 0.750. The second-order valence-electron chi connectivity index (χ2n) is 5.55. The van der Waals surface area contributed by atoms with Crippen LogP contribution >= 0.6 is 0 Å². The lowest BCUT2D eigenvalue weighted by atomic mass is 9.70. The van der Waals surface area contributed by atoms with Crippen LogP contribution in [0.25, 0.3) is 0 Å². The van der Waals surface area contributed by atoms with E-state index in [0.717, 1.165) is 31.6 Å². The van der Waals surface area contributed by atoms with Crippen LogP contribution in [0.2, 0.25) is 0 Å². The molecule has 2 atom stereocenters. The van der Waals surface area contributed by atoms with Gasteiger partial charge in [0, 0.05) is 25.2 Å². The molecule has 1 aliphatic heterocycles. The molecular formula is C12H20N6O. The van der Waals surface area contributed by atoms with E-state index in [1.165, 1.54) is 0 Å². The van der Waals surface area contributed by atoms with E-state index in [4.69, 9.17) is 5.73 Å². The number of amides is 2. The van der Waals surface area contributed by atoms with Gasteiger partial charge in [0.1, 0.15) is 0 Å². The molecule has 104 valence electrons. The largest absolute Gasteiger partial charge is 0.332 e. The minimum Gasteiger partial charge on any atom is -0.332 e. The van der Waals surface area contributed by atoms with Crippen LogP contribution in [-0.4, -0.2) is 44.6 Å². The molecule has 0 spiro atoms. The average molecular weight is 264 g/mol. The number of rotatable bonds is 3. The number of fused-ring (bicyclic) bond motifs is 1. The number of aryl methyl sites for hydroxylation is 1. The van der Waals surface area contributed by atoms with Gasteiger partial charge in [-0.1, -0.05) is 5.21 Å². The van der Waals surface area contributed by atoms with Gasteiger partial charge in [-0.2, -0.15) is 0 Å². The number of carbonyl (C=O) groups excluding carboxylic acids is 1. The molecule has 2 heterocycles. The zero-order valence-electron chi connectivity index (χ0n) is 11.2. The summed E-state index contributed by atoms with van der Waals surface area (Å²) in [7, 11) is 0. The lowest BCUT2D eigenvalue weighted by molar-refractivity contribution is 0.187. The molecule has 1 aliphatic carbocycles. The molecule has 0 aromatic carbocycles. The normalized spacial score (nSPS) is 28.9. The molecule has 3 N–H and O–H groups in total. The molecule has 1 aromatic rings. The van der Waals surface area contributed by atoms with Crippen molar-refractivity contribution in [3.63, 3.8) is 0 Å². The molecule has 7 nitrogen and oxygen atoms in total. The number of hydrogen-bond acceptors (Lipinski definition) is 4. The Morgan fingerprint density at radius 2 is 2.53 bits per heavy atom. The quantitative estimate of drug-likeness (QED) is 0.800. The van der Waals surface area contributed by atoms with E-state index in [0.29, 0.717) is 19.0 Å². The van der Waals surface area contributed by atoms with Crippen molar-refractivity contribution < 1.29 is 4.79 Å². The van der Waals surface area contributed by atoms with Crippen molar-refractivity contribution in [1.82, 2.24) is 25.2 Å². The lowest BCUT2D eigenvalue weighted by Gasteiger charge is -2.39. The molecular weight excluding hydrogens is 244 g/mol.